The molecule has 39 heavy (non-hydrogen) atoms. The van der Waals surface area contributed by atoms with Gasteiger partial charge >= 0.3 is 0 Å². The van der Waals surface area contributed by atoms with E-state index in [-0.39, 0.29) is 25.1 Å². The minimum atomic E-state index is -2.43. The molecule has 10 heteroatoms. The van der Waals surface area contributed by atoms with Crippen molar-refractivity contribution >= 4 is 17.9 Å². The molecule has 0 aromatic heterocycles. The van der Waals surface area contributed by atoms with Crippen LogP contribution in [0, 0.1) is 0 Å². The van der Waals surface area contributed by atoms with Crippen molar-refractivity contribution in [1.29, 1.82) is 0 Å². The maximum atomic E-state index is 13.3. The molecule has 1 atom stereocenters. The van der Waals surface area contributed by atoms with E-state index in [4.69, 9.17) is 4.74 Å². The maximum absolute atomic E-state index is 13.3. The van der Waals surface area contributed by atoms with Gasteiger partial charge < -0.3 is 40.4 Å². The third-order valence-corrected chi connectivity index (χ3v) is 7.01. The molecular formula is C29H40N4O6. The number of aliphatic hydroxyl groups is 3. The van der Waals surface area contributed by atoms with Gasteiger partial charge in [0.1, 0.15) is 6.29 Å². The summed E-state index contributed by atoms with van der Waals surface area (Å²) >= 11 is 0. The highest BCUT2D eigenvalue weighted by Crippen LogP contribution is 2.38. The van der Waals surface area contributed by atoms with Crippen molar-refractivity contribution < 1.29 is 29.6 Å². The second-order valence-electron chi connectivity index (χ2n) is 9.32. The third-order valence-electron chi connectivity index (χ3n) is 7.01. The first-order valence-electron chi connectivity index (χ1n) is 13.3. The van der Waals surface area contributed by atoms with Crippen LogP contribution in [0.15, 0.2) is 54.7 Å². The number of benzene rings is 2. The summed E-state index contributed by atoms with van der Waals surface area (Å²) in [6, 6.07) is 12.0. The topological polar surface area (TPSA) is 135 Å². The Hall–Kier alpha value is -3.28. The molecule has 2 aliphatic heterocycles. The number of rotatable bonds is 11. The molecule has 1 amide bonds. The van der Waals surface area contributed by atoms with Crippen LogP contribution in [0.5, 0.6) is 0 Å². The predicted molar refractivity (Wildman–Crippen MR) is 148 cm³/mol. The Morgan fingerprint density at radius 2 is 1.79 bits per heavy atom. The predicted octanol–water partition coefficient (Wildman–Crippen LogP) is 2.11. The average molecular weight is 541 g/mol. The fourth-order valence-corrected chi connectivity index (χ4v) is 4.91. The normalized spacial score (nSPS) is 17.0. The quantitative estimate of drug-likeness (QED) is 0.215. The number of likely N-dealkylation sites (N-methyl/N-ethyl adjacent to an activating group) is 1. The van der Waals surface area contributed by atoms with Crippen molar-refractivity contribution in [1.82, 2.24) is 15.1 Å². The van der Waals surface area contributed by atoms with Gasteiger partial charge in [0.15, 0.2) is 5.72 Å². The summed E-state index contributed by atoms with van der Waals surface area (Å²) in [6.07, 6.45) is 0.672. The molecule has 2 aromatic rings. The molecule has 1 fully saturated rings. The summed E-state index contributed by atoms with van der Waals surface area (Å²) in [5.74, 6) is -2.88. The van der Waals surface area contributed by atoms with Crippen molar-refractivity contribution in [3.63, 3.8) is 0 Å². The van der Waals surface area contributed by atoms with E-state index >= 15 is 0 Å². The summed E-state index contributed by atoms with van der Waals surface area (Å²) in [6.45, 7) is 11.1. The van der Waals surface area contributed by atoms with Crippen LogP contribution in [0.2, 0.25) is 0 Å². The highest BCUT2D eigenvalue weighted by atomic mass is 16.5. The smallest absolute Gasteiger partial charge is 0.273 e. The number of hydrogen-bond acceptors (Lipinski definition) is 9. The zero-order valence-corrected chi connectivity index (χ0v) is 22.9. The highest BCUT2D eigenvalue weighted by molar-refractivity contribution is 6.00. The van der Waals surface area contributed by atoms with Crippen molar-refractivity contribution in [2.45, 2.75) is 51.4 Å². The molecule has 0 radical (unpaired) electrons. The second-order valence-corrected chi connectivity index (χ2v) is 9.32. The number of anilines is 1. The molecule has 2 heterocycles. The van der Waals surface area contributed by atoms with E-state index < -0.39 is 17.5 Å². The lowest BCUT2D eigenvalue weighted by atomic mass is 10.0. The Labute approximate surface area is 229 Å². The van der Waals surface area contributed by atoms with Gasteiger partial charge in [-0.15, -0.1) is 0 Å². The lowest BCUT2D eigenvalue weighted by molar-refractivity contribution is -0.144. The van der Waals surface area contributed by atoms with Crippen LogP contribution >= 0.6 is 0 Å². The Kier molecular flexibility index (Phi) is 10.2. The monoisotopic (exact) mass is 540 g/mol. The molecule has 0 saturated carbocycles. The largest absolute Gasteiger partial charge is 0.388 e. The molecule has 2 aromatic carbocycles. The van der Waals surface area contributed by atoms with Crippen molar-refractivity contribution in [3.8, 4) is 0 Å². The van der Waals surface area contributed by atoms with Gasteiger partial charge in [-0.2, -0.15) is 0 Å². The molecular weight excluding hydrogens is 500 g/mol. The fraction of sp³-hybridized carbons (Fsp3) is 0.448. The number of carbonyl (C=O) groups excluding carboxylic acids is 2. The number of aldehydes is 1. The first-order valence-corrected chi connectivity index (χ1v) is 13.3. The number of nitrogens with one attached hydrogen (secondary N) is 2. The molecule has 2 aliphatic rings. The molecule has 212 valence electrons. The standard InChI is InChI=1S/C27H34N4O6.C2H6/c1-19(28-2)26(34,11-6-14-32)31-18-22-21(25(31)33)8-5-10-24(22)29-27(35,36)23-9-4-3-7-20(23)17-30-12-15-37-16-13-30;1-2/h3-5,7-10,14,28-29,34-36H,1,6,11-13,15-18H2,2H3;1-2H3. The van der Waals surface area contributed by atoms with Gasteiger partial charge in [-0.1, -0.05) is 50.8 Å². The van der Waals surface area contributed by atoms with Gasteiger partial charge in [-0.05, 0) is 17.7 Å². The first kappa shape index (κ1) is 30.3. The van der Waals surface area contributed by atoms with Crippen LogP contribution in [0.3, 0.4) is 0 Å². The van der Waals surface area contributed by atoms with E-state index in [1.54, 1.807) is 37.4 Å². The van der Waals surface area contributed by atoms with E-state index in [0.717, 1.165) is 18.7 Å². The van der Waals surface area contributed by atoms with E-state index in [1.165, 1.54) is 4.90 Å². The van der Waals surface area contributed by atoms with E-state index in [1.807, 2.05) is 26.0 Å². The van der Waals surface area contributed by atoms with Crippen LogP contribution in [-0.4, -0.2) is 76.4 Å². The van der Waals surface area contributed by atoms with E-state index in [0.29, 0.717) is 48.4 Å². The number of morpholine rings is 1. The minimum Gasteiger partial charge on any atom is -0.388 e. The van der Waals surface area contributed by atoms with Gasteiger partial charge in [0.25, 0.3) is 11.8 Å². The van der Waals surface area contributed by atoms with Gasteiger partial charge in [0.2, 0.25) is 0 Å². The third kappa shape index (κ3) is 6.48. The Balaban J connectivity index is 0.00000205. The van der Waals surface area contributed by atoms with Crippen LogP contribution in [0.1, 0.15) is 53.7 Å². The van der Waals surface area contributed by atoms with Crippen molar-refractivity contribution in [3.05, 3.63) is 77.0 Å². The van der Waals surface area contributed by atoms with Crippen molar-refractivity contribution in [2.75, 3.05) is 38.7 Å². The fourth-order valence-electron chi connectivity index (χ4n) is 4.91. The SMILES string of the molecule is C=C(NC)C(O)(CCC=O)N1Cc2c(NC(O)(O)c3ccccc3CN3CCOCC3)cccc2C1=O.CC. The Morgan fingerprint density at radius 1 is 1.10 bits per heavy atom. The summed E-state index contributed by atoms with van der Waals surface area (Å²) in [4.78, 5) is 27.8. The van der Waals surface area contributed by atoms with Crippen molar-refractivity contribution in [2.24, 2.45) is 0 Å². The molecule has 0 spiro atoms. The number of ether oxygens (including phenoxy) is 1. The second kappa shape index (κ2) is 13.2. The molecule has 0 bridgehead atoms. The highest BCUT2D eigenvalue weighted by Gasteiger charge is 2.45. The number of amides is 1. The lowest BCUT2D eigenvalue weighted by Gasteiger charge is -2.38. The first-order chi connectivity index (χ1) is 18.7. The van der Waals surface area contributed by atoms with Gasteiger partial charge in [0, 0.05) is 61.9 Å². The summed E-state index contributed by atoms with van der Waals surface area (Å²) in [5, 5.41) is 39.4. The Bertz CT molecular complexity index is 1160. The molecule has 10 nitrogen and oxygen atoms in total. The molecule has 0 aliphatic carbocycles. The summed E-state index contributed by atoms with van der Waals surface area (Å²) < 4.78 is 5.41. The number of carbonyl (C=O) groups is 2. The van der Waals surface area contributed by atoms with Crippen LogP contribution in [0.4, 0.5) is 5.69 Å². The maximum Gasteiger partial charge on any atom is 0.273 e. The molecule has 1 unspecified atom stereocenters. The van der Waals surface area contributed by atoms with Crippen LogP contribution < -0.4 is 10.6 Å². The van der Waals surface area contributed by atoms with E-state index in [2.05, 4.69) is 22.1 Å². The minimum absolute atomic E-state index is 0.0150. The number of hydrogen-bond donors (Lipinski definition) is 5. The van der Waals surface area contributed by atoms with Crippen LogP contribution in [-0.2, 0) is 28.5 Å². The zero-order valence-electron chi connectivity index (χ0n) is 22.9. The molecule has 1 saturated heterocycles. The average Bonchev–Trinajstić information content (AvgIpc) is 3.31. The van der Waals surface area contributed by atoms with Gasteiger partial charge in [-0.25, -0.2) is 0 Å². The number of nitrogens with zero attached hydrogens (tertiary/aromatic N) is 2. The van der Waals surface area contributed by atoms with Gasteiger partial charge in [0.05, 0.1) is 25.5 Å². The van der Waals surface area contributed by atoms with Crippen LogP contribution in [0.25, 0.3) is 0 Å². The lowest BCUT2D eigenvalue weighted by Crippen LogP contribution is -2.52. The summed E-state index contributed by atoms with van der Waals surface area (Å²) in [5.41, 5.74) is 0.582. The van der Waals surface area contributed by atoms with Gasteiger partial charge in [-0.3, -0.25) is 9.69 Å². The number of fused-ring (bicyclic) bond motifs is 1. The van der Waals surface area contributed by atoms with E-state index in [9.17, 15) is 24.9 Å². The summed E-state index contributed by atoms with van der Waals surface area (Å²) in [7, 11) is 1.58. The molecule has 5 N–H and O–H groups in total. The molecule has 4 rings (SSSR count). The zero-order chi connectivity index (χ0) is 28.6. The Morgan fingerprint density at radius 3 is 2.46 bits per heavy atom.